The molecule has 1 saturated heterocycles. The van der Waals surface area contributed by atoms with E-state index in [1.54, 1.807) is 12.1 Å². The Balaban J connectivity index is 1.40. The van der Waals surface area contributed by atoms with Gasteiger partial charge in [0.05, 0.1) is 0 Å². The molecule has 4 nitrogen and oxygen atoms in total. The van der Waals surface area contributed by atoms with Crippen LogP contribution in [0.4, 0.5) is 11.4 Å². The number of amides is 1. The molecule has 1 aliphatic heterocycles. The molecule has 2 aromatic rings. The molecule has 5 heteroatoms. The van der Waals surface area contributed by atoms with E-state index in [9.17, 15) is 4.79 Å². The Morgan fingerprint density at radius 2 is 1.92 bits per heavy atom. The van der Waals surface area contributed by atoms with Gasteiger partial charge in [0.2, 0.25) is 5.91 Å². The lowest BCUT2D eigenvalue weighted by molar-refractivity contribution is -0.116. The van der Waals surface area contributed by atoms with E-state index in [1.807, 2.05) is 30.3 Å². The third kappa shape index (κ3) is 4.98. The van der Waals surface area contributed by atoms with E-state index in [4.69, 9.17) is 11.6 Å². The second-order valence-corrected chi connectivity index (χ2v) is 6.54. The lowest BCUT2D eigenvalue weighted by Crippen LogP contribution is -2.29. The maximum atomic E-state index is 12.1. The Morgan fingerprint density at radius 3 is 2.71 bits per heavy atom. The third-order valence-electron chi connectivity index (χ3n) is 4.18. The van der Waals surface area contributed by atoms with E-state index >= 15 is 0 Å². The number of rotatable bonds is 6. The maximum absolute atomic E-state index is 12.1. The first-order valence-electron chi connectivity index (χ1n) is 8.28. The molecule has 126 valence electrons. The summed E-state index contributed by atoms with van der Waals surface area (Å²) in [7, 11) is 0. The van der Waals surface area contributed by atoms with E-state index in [2.05, 4.69) is 27.7 Å². The van der Waals surface area contributed by atoms with Gasteiger partial charge in [0.25, 0.3) is 0 Å². The van der Waals surface area contributed by atoms with E-state index in [1.165, 1.54) is 0 Å². The van der Waals surface area contributed by atoms with Crippen molar-refractivity contribution in [1.82, 2.24) is 4.90 Å². The average molecular weight is 344 g/mol. The van der Waals surface area contributed by atoms with Crippen molar-refractivity contribution in [3.8, 4) is 0 Å². The van der Waals surface area contributed by atoms with Gasteiger partial charge in [-0.25, -0.2) is 0 Å². The van der Waals surface area contributed by atoms with E-state index in [0.717, 1.165) is 37.4 Å². The van der Waals surface area contributed by atoms with Gasteiger partial charge >= 0.3 is 0 Å². The fraction of sp³-hybridized carbons (Fsp3) is 0.316. The van der Waals surface area contributed by atoms with Crippen LogP contribution in [0.3, 0.4) is 0 Å². The summed E-state index contributed by atoms with van der Waals surface area (Å²) in [5.74, 6) is 0.0248. The van der Waals surface area contributed by atoms with Gasteiger partial charge in [-0.15, -0.1) is 0 Å². The molecular formula is C19H22ClN3O. The highest BCUT2D eigenvalue weighted by Gasteiger charge is 2.22. The van der Waals surface area contributed by atoms with Crippen LogP contribution in [0.15, 0.2) is 54.6 Å². The molecule has 1 amide bonds. The second-order valence-electron chi connectivity index (χ2n) is 6.11. The van der Waals surface area contributed by atoms with Gasteiger partial charge in [-0.2, -0.15) is 0 Å². The van der Waals surface area contributed by atoms with Gasteiger partial charge in [-0.3, -0.25) is 4.79 Å². The summed E-state index contributed by atoms with van der Waals surface area (Å²) in [5.41, 5.74) is 1.90. The van der Waals surface area contributed by atoms with Gasteiger partial charge in [0.1, 0.15) is 0 Å². The zero-order valence-corrected chi connectivity index (χ0v) is 14.3. The summed E-state index contributed by atoms with van der Waals surface area (Å²) >= 11 is 5.93. The summed E-state index contributed by atoms with van der Waals surface area (Å²) < 4.78 is 0. The van der Waals surface area contributed by atoms with E-state index in [0.29, 0.717) is 17.5 Å². The number of carbonyl (C=O) groups excluding carboxylic acids is 1. The van der Waals surface area contributed by atoms with Crippen molar-refractivity contribution in [1.29, 1.82) is 0 Å². The van der Waals surface area contributed by atoms with Crippen LogP contribution >= 0.6 is 11.6 Å². The molecule has 1 fully saturated rings. The first-order valence-corrected chi connectivity index (χ1v) is 8.66. The smallest absolute Gasteiger partial charge is 0.225 e. The number of hydrogen-bond acceptors (Lipinski definition) is 3. The minimum absolute atomic E-state index is 0.0248. The van der Waals surface area contributed by atoms with Crippen molar-refractivity contribution in [3.63, 3.8) is 0 Å². The maximum Gasteiger partial charge on any atom is 0.225 e. The molecular weight excluding hydrogens is 322 g/mol. The normalized spacial score (nSPS) is 17.6. The highest BCUT2D eigenvalue weighted by atomic mass is 35.5. The first kappa shape index (κ1) is 16.8. The quantitative estimate of drug-likeness (QED) is 0.837. The molecule has 1 aliphatic rings. The molecule has 2 aromatic carbocycles. The van der Waals surface area contributed by atoms with Crippen molar-refractivity contribution < 1.29 is 4.79 Å². The lowest BCUT2D eigenvalue weighted by Gasteiger charge is -2.17. The van der Waals surface area contributed by atoms with Crippen molar-refractivity contribution in [2.75, 3.05) is 30.3 Å². The van der Waals surface area contributed by atoms with Gasteiger partial charge in [0.15, 0.2) is 0 Å². The molecule has 0 aromatic heterocycles. The van der Waals surface area contributed by atoms with Crippen molar-refractivity contribution in [2.45, 2.75) is 18.9 Å². The number of para-hydroxylation sites is 1. The number of nitrogens with one attached hydrogen (secondary N) is 2. The molecule has 24 heavy (non-hydrogen) atoms. The summed E-state index contributed by atoms with van der Waals surface area (Å²) in [6.07, 6.45) is 1.59. The number of benzene rings is 2. The van der Waals surface area contributed by atoms with Gasteiger partial charge in [0, 0.05) is 48.5 Å². The Morgan fingerprint density at radius 1 is 1.12 bits per heavy atom. The minimum atomic E-state index is 0.0248. The fourth-order valence-electron chi connectivity index (χ4n) is 2.97. The van der Waals surface area contributed by atoms with Crippen LogP contribution in [0.2, 0.25) is 5.02 Å². The monoisotopic (exact) mass is 343 g/mol. The highest BCUT2D eigenvalue weighted by molar-refractivity contribution is 6.30. The van der Waals surface area contributed by atoms with Crippen LogP contribution in [-0.2, 0) is 4.79 Å². The number of hydrogen-bond donors (Lipinski definition) is 2. The third-order valence-corrected chi connectivity index (χ3v) is 4.42. The molecule has 0 radical (unpaired) electrons. The number of likely N-dealkylation sites (tertiary alicyclic amines) is 1. The topological polar surface area (TPSA) is 44.4 Å². The molecule has 1 atom stereocenters. The fourth-order valence-corrected chi connectivity index (χ4v) is 3.16. The van der Waals surface area contributed by atoms with Crippen molar-refractivity contribution in [3.05, 3.63) is 59.6 Å². The van der Waals surface area contributed by atoms with Gasteiger partial charge in [-0.05, 0) is 36.8 Å². The van der Waals surface area contributed by atoms with E-state index in [-0.39, 0.29) is 5.91 Å². The first-order chi connectivity index (χ1) is 11.7. The largest absolute Gasteiger partial charge is 0.381 e. The van der Waals surface area contributed by atoms with Gasteiger partial charge in [-0.1, -0.05) is 35.9 Å². The number of halogens is 1. The van der Waals surface area contributed by atoms with Crippen LogP contribution in [0, 0.1) is 0 Å². The highest BCUT2D eigenvalue weighted by Crippen LogP contribution is 2.17. The van der Waals surface area contributed by atoms with Crippen LogP contribution in [-0.4, -0.2) is 36.5 Å². The summed E-state index contributed by atoms with van der Waals surface area (Å²) in [6, 6.07) is 17.9. The van der Waals surface area contributed by atoms with Crippen molar-refractivity contribution >= 4 is 28.9 Å². The molecule has 1 heterocycles. The molecule has 2 N–H and O–H groups in total. The molecule has 0 bridgehead atoms. The zero-order chi connectivity index (χ0) is 16.8. The minimum Gasteiger partial charge on any atom is -0.381 e. The van der Waals surface area contributed by atoms with E-state index < -0.39 is 0 Å². The van der Waals surface area contributed by atoms with Crippen LogP contribution < -0.4 is 10.6 Å². The Labute approximate surface area is 147 Å². The predicted molar refractivity (Wildman–Crippen MR) is 99.6 cm³/mol. The number of carbonyl (C=O) groups is 1. The Bertz CT molecular complexity index is 677. The van der Waals surface area contributed by atoms with Crippen LogP contribution in [0.25, 0.3) is 0 Å². The molecule has 0 saturated carbocycles. The standard InChI is InChI=1S/C19H22ClN3O/c20-15-5-4-8-17(13-15)22-19(24)10-12-23-11-9-18(14-23)21-16-6-2-1-3-7-16/h1-8,13,18,21H,9-12,14H2,(H,22,24). The second kappa shape index (κ2) is 8.18. The zero-order valence-electron chi connectivity index (χ0n) is 13.5. The van der Waals surface area contributed by atoms with Gasteiger partial charge < -0.3 is 15.5 Å². The summed E-state index contributed by atoms with van der Waals surface area (Å²) in [5, 5.41) is 7.07. The Hall–Kier alpha value is -2.04. The molecule has 0 spiro atoms. The molecule has 0 aliphatic carbocycles. The molecule has 3 rings (SSSR count). The lowest BCUT2D eigenvalue weighted by atomic mass is 10.2. The predicted octanol–water partition coefficient (Wildman–Crippen LogP) is 3.86. The van der Waals surface area contributed by atoms with Crippen molar-refractivity contribution in [2.24, 2.45) is 0 Å². The Kier molecular flexibility index (Phi) is 5.72. The summed E-state index contributed by atoms with van der Waals surface area (Å²) in [6.45, 7) is 2.77. The van der Waals surface area contributed by atoms with Crippen LogP contribution in [0.1, 0.15) is 12.8 Å². The number of anilines is 2. The summed E-state index contributed by atoms with van der Waals surface area (Å²) in [4.78, 5) is 14.4. The SMILES string of the molecule is O=C(CCN1CCC(Nc2ccccc2)C1)Nc1cccc(Cl)c1. The van der Waals surface area contributed by atoms with Crippen LogP contribution in [0.5, 0.6) is 0 Å². The average Bonchev–Trinajstić information content (AvgIpc) is 3.01. The molecule has 1 unspecified atom stereocenters. The number of nitrogens with zero attached hydrogens (tertiary/aromatic N) is 1.